The lowest BCUT2D eigenvalue weighted by atomic mass is 9.84. The van der Waals surface area contributed by atoms with Crippen molar-refractivity contribution < 1.29 is 0 Å². The third-order valence-corrected chi connectivity index (χ3v) is 3.77. The number of rotatable bonds is 5. The van der Waals surface area contributed by atoms with Crippen molar-refractivity contribution in [2.75, 3.05) is 11.9 Å². The summed E-state index contributed by atoms with van der Waals surface area (Å²) in [5, 5.41) is 3.55. The number of nitrogens with zero attached hydrogens (tertiary/aromatic N) is 2. The van der Waals surface area contributed by atoms with E-state index in [1.165, 1.54) is 25.7 Å². The maximum Gasteiger partial charge on any atom is 0.129 e. The van der Waals surface area contributed by atoms with Crippen LogP contribution < -0.4 is 11.1 Å². The molecule has 2 rings (SSSR count). The summed E-state index contributed by atoms with van der Waals surface area (Å²) in [6.07, 6.45) is 8.84. The second kappa shape index (κ2) is 6.69. The van der Waals surface area contributed by atoms with Gasteiger partial charge in [-0.3, -0.25) is 0 Å². The number of hydrogen-bond donors (Lipinski definition) is 2. The van der Waals surface area contributed by atoms with Gasteiger partial charge in [0.2, 0.25) is 0 Å². The van der Waals surface area contributed by atoms with Gasteiger partial charge in [0, 0.05) is 17.8 Å². The van der Waals surface area contributed by atoms with Gasteiger partial charge in [-0.25, -0.2) is 9.97 Å². The molecule has 18 heavy (non-hydrogen) atoms. The molecule has 1 aromatic rings. The molecule has 1 saturated carbocycles. The fourth-order valence-corrected chi connectivity index (χ4v) is 2.74. The Balaban J connectivity index is 2.00. The Kier molecular flexibility index (Phi) is 4.93. The lowest BCUT2D eigenvalue weighted by molar-refractivity contribution is 0.332. The number of aromatic nitrogens is 2. The van der Waals surface area contributed by atoms with E-state index in [1.54, 1.807) is 6.33 Å². The monoisotopic (exact) mass is 248 g/mol. The van der Waals surface area contributed by atoms with E-state index in [0.717, 1.165) is 30.9 Å². The largest absolute Gasteiger partial charge is 0.367 e. The van der Waals surface area contributed by atoms with E-state index >= 15 is 0 Å². The molecule has 0 aromatic carbocycles. The van der Waals surface area contributed by atoms with Crippen LogP contribution >= 0.6 is 0 Å². The molecular formula is C14H24N4. The van der Waals surface area contributed by atoms with Crippen LogP contribution in [0.2, 0.25) is 0 Å². The van der Waals surface area contributed by atoms with Crippen molar-refractivity contribution in [3.05, 3.63) is 18.1 Å². The molecule has 4 heteroatoms. The van der Waals surface area contributed by atoms with E-state index in [2.05, 4.69) is 28.3 Å². The minimum atomic E-state index is 0.480. The first kappa shape index (κ1) is 13.3. The molecule has 0 amide bonds. The summed E-state index contributed by atoms with van der Waals surface area (Å²) >= 11 is 0. The van der Waals surface area contributed by atoms with Crippen LogP contribution in [0.5, 0.6) is 0 Å². The molecule has 1 aliphatic carbocycles. The van der Waals surface area contributed by atoms with Crippen molar-refractivity contribution >= 4 is 5.82 Å². The first-order valence-electron chi connectivity index (χ1n) is 7.11. The van der Waals surface area contributed by atoms with Crippen molar-refractivity contribution in [1.29, 1.82) is 0 Å². The Morgan fingerprint density at radius 1 is 1.33 bits per heavy atom. The van der Waals surface area contributed by atoms with Gasteiger partial charge in [0.25, 0.3) is 0 Å². The molecule has 1 heterocycles. The van der Waals surface area contributed by atoms with E-state index in [9.17, 15) is 0 Å². The van der Waals surface area contributed by atoms with Crippen LogP contribution in [0.1, 0.15) is 44.7 Å². The Bertz CT molecular complexity index is 367. The summed E-state index contributed by atoms with van der Waals surface area (Å²) in [5.41, 5.74) is 6.97. The van der Waals surface area contributed by atoms with Crippen molar-refractivity contribution in [2.45, 2.75) is 51.5 Å². The molecule has 100 valence electrons. The highest BCUT2D eigenvalue weighted by molar-refractivity contribution is 5.36. The van der Waals surface area contributed by atoms with Gasteiger partial charge >= 0.3 is 0 Å². The molecule has 2 unspecified atom stereocenters. The summed E-state index contributed by atoms with van der Waals surface area (Å²) in [4.78, 5) is 8.61. The smallest absolute Gasteiger partial charge is 0.129 e. The molecular weight excluding hydrogens is 224 g/mol. The maximum atomic E-state index is 5.85. The number of anilines is 1. The summed E-state index contributed by atoms with van der Waals surface area (Å²) in [5.74, 6) is 1.54. The molecule has 0 radical (unpaired) electrons. The van der Waals surface area contributed by atoms with Crippen LogP contribution in [0.25, 0.3) is 0 Å². The van der Waals surface area contributed by atoms with Crippen molar-refractivity contribution in [3.63, 3.8) is 0 Å². The van der Waals surface area contributed by atoms with Crippen LogP contribution in [0.15, 0.2) is 12.4 Å². The van der Waals surface area contributed by atoms with E-state index in [0.29, 0.717) is 12.0 Å². The third kappa shape index (κ3) is 3.42. The SMILES string of the molecule is CCCc1cc(NC2CCCCC2CN)ncn1. The maximum absolute atomic E-state index is 5.85. The third-order valence-electron chi connectivity index (χ3n) is 3.77. The summed E-state index contributed by atoms with van der Waals surface area (Å²) < 4.78 is 0. The zero-order valence-corrected chi connectivity index (χ0v) is 11.2. The minimum absolute atomic E-state index is 0.480. The molecule has 4 nitrogen and oxygen atoms in total. The molecule has 2 atom stereocenters. The van der Waals surface area contributed by atoms with Crippen molar-refractivity contribution in [3.8, 4) is 0 Å². The van der Waals surface area contributed by atoms with Gasteiger partial charge in [0.15, 0.2) is 0 Å². The van der Waals surface area contributed by atoms with Gasteiger partial charge in [0.05, 0.1) is 0 Å². The fourth-order valence-electron chi connectivity index (χ4n) is 2.74. The minimum Gasteiger partial charge on any atom is -0.367 e. The molecule has 3 N–H and O–H groups in total. The Hall–Kier alpha value is -1.16. The average molecular weight is 248 g/mol. The Morgan fingerprint density at radius 2 is 2.17 bits per heavy atom. The second-order valence-corrected chi connectivity index (χ2v) is 5.18. The molecule has 0 saturated heterocycles. The van der Waals surface area contributed by atoms with Gasteiger partial charge < -0.3 is 11.1 Å². The van der Waals surface area contributed by atoms with E-state index in [4.69, 9.17) is 5.73 Å². The van der Waals surface area contributed by atoms with E-state index in [-0.39, 0.29) is 0 Å². The van der Waals surface area contributed by atoms with Gasteiger partial charge in [0.1, 0.15) is 12.1 Å². The lowest BCUT2D eigenvalue weighted by Gasteiger charge is -2.31. The number of nitrogens with two attached hydrogens (primary N) is 1. The Morgan fingerprint density at radius 3 is 2.94 bits per heavy atom. The molecule has 0 spiro atoms. The molecule has 1 aromatic heterocycles. The van der Waals surface area contributed by atoms with Crippen LogP contribution in [0.3, 0.4) is 0 Å². The van der Waals surface area contributed by atoms with Crippen LogP contribution in [0, 0.1) is 5.92 Å². The predicted octanol–water partition coefficient (Wildman–Crippen LogP) is 2.36. The predicted molar refractivity (Wildman–Crippen MR) is 74.5 cm³/mol. The highest BCUT2D eigenvalue weighted by Gasteiger charge is 2.23. The zero-order chi connectivity index (χ0) is 12.8. The quantitative estimate of drug-likeness (QED) is 0.839. The van der Waals surface area contributed by atoms with Gasteiger partial charge in [-0.2, -0.15) is 0 Å². The zero-order valence-electron chi connectivity index (χ0n) is 11.2. The second-order valence-electron chi connectivity index (χ2n) is 5.18. The molecule has 0 bridgehead atoms. The molecule has 1 aliphatic rings. The van der Waals surface area contributed by atoms with Gasteiger partial charge in [-0.1, -0.05) is 26.2 Å². The first-order valence-corrected chi connectivity index (χ1v) is 7.11. The summed E-state index contributed by atoms with van der Waals surface area (Å²) in [6, 6.07) is 2.55. The number of hydrogen-bond acceptors (Lipinski definition) is 4. The van der Waals surface area contributed by atoms with E-state index < -0.39 is 0 Å². The van der Waals surface area contributed by atoms with Crippen molar-refractivity contribution in [2.24, 2.45) is 11.7 Å². The van der Waals surface area contributed by atoms with Crippen LogP contribution in [-0.2, 0) is 6.42 Å². The van der Waals surface area contributed by atoms with Crippen LogP contribution in [-0.4, -0.2) is 22.6 Å². The first-order chi connectivity index (χ1) is 8.83. The highest BCUT2D eigenvalue weighted by atomic mass is 15.0. The lowest BCUT2D eigenvalue weighted by Crippen LogP contribution is -2.37. The fraction of sp³-hybridized carbons (Fsp3) is 0.714. The standard InChI is InChI=1S/C14H24N4/c1-2-5-12-8-14(17-10-16-12)18-13-7-4-3-6-11(13)9-15/h8,10-11,13H,2-7,9,15H2,1H3,(H,16,17,18). The Labute approximate surface area is 109 Å². The average Bonchev–Trinajstić information content (AvgIpc) is 2.40. The number of aryl methyl sites for hydroxylation is 1. The normalized spacial score (nSPS) is 23.9. The van der Waals surface area contributed by atoms with Gasteiger partial charge in [-0.05, 0) is 31.7 Å². The van der Waals surface area contributed by atoms with Crippen LogP contribution in [0.4, 0.5) is 5.82 Å². The highest BCUT2D eigenvalue weighted by Crippen LogP contribution is 2.26. The summed E-state index contributed by atoms with van der Waals surface area (Å²) in [6.45, 7) is 2.94. The van der Waals surface area contributed by atoms with Crippen molar-refractivity contribution in [1.82, 2.24) is 9.97 Å². The van der Waals surface area contributed by atoms with Gasteiger partial charge in [-0.15, -0.1) is 0 Å². The topological polar surface area (TPSA) is 63.8 Å². The summed E-state index contributed by atoms with van der Waals surface area (Å²) in [7, 11) is 0. The van der Waals surface area contributed by atoms with E-state index in [1.807, 2.05) is 0 Å². The molecule has 0 aliphatic heterocycles. The molecule has 1 fully saturated rings. The number of nitrogens with one attached hydrogen (secondary N) is 1.